The zero-order valence-corrected chi connectivity index (χ0v) is 15.9. The molecule has 2 aromatic rings. The van der Waals surface area contributed by atoms with Crippen molar-refractivity contribution in [2.45, 2.75) is 13.0 Å². The van der Waals surface area contributed by atoms with E-state index in [1.807, 2.05) is 0 Å². The van der Waals surface area contributed by atoms with Crippen LogP contribution in [0.1, 0.15) is 17.3 Å². The molecule has 5 nitrogen and oxygen atoms in total. The summed E-state index contributed by atoms with van der Waals surface area (Å²) in [6, 6.07) is 6.69. The number of hydrogen-bond acceptors (Lipinski definition) is 4. The molecule has 0 heterocycles. The summed E-state index contributed by atoms with van der Waals surface area (Å²) in [7, 11) is 0. The Hall–Kier alpha value is -1.49. The number of rotatable bonds is 6. The lowest BCUT2D eigenvalue weighted by atomic mass is 10.1. The highest BCUT2D eigenvalue weighted by Crippen LogP contribution is 2.30. The molecule has 0 saturated carbocycles. The lowest BCUT2D eigenvalue weighted by Crippen LogP contribution is -2.28. The molecule has 0 radical (unpaired) electrons. The lowest BCUT2D eigenvalue weighted by molar-refractivity contribution is -0.00684. The highest BCUT2D eigenvalue weighted by Gasteiger charge is 2.17. The van der Waals surface area contributed by atoms with Crippen LogP contribution in [0.15, 0.2) is 30.3 Å². The van der Waals surface area contributed by atoms with Gasteiger partial charge in [-0.3, -0.25) is 9.63 Å². The molecule has 0 fully saturated rings. The molecule has 2 aromatic carbocycles. The molecule has 25 heavy (non-hydrogen) atoms. The van der Waals surface area contributed by atoms with E-state index in [9.17, 15) is 13.6 Å². The van der Waals surface area contributed by atoms with E-state index in [2.05, 4.69) is 33.4 Å². The molecule has 1 amide bonds. The molecular formula is C16H14ClF2IN2O3. The third kappa shape index (κ3) is 5.50. The Morgan fingerprint density at radius 3 is 2.60 bits per heavy atom. The first-order valence-electron chi connectivity index (χ1n) is 7.09. The van der Waals surface area contributed by atoms with Gasteiger partial charge in [-0.2, -0.15) is 0 Å². The Labute approximate surface area is 161 Å². The second-order valence-corrected chi connectivity index (χ2v) is 6.81. The number of halogens is 4. The minimum Gasteiger partial charge on any atom is -0.391 e. The Bertz CT molecular complexity index is 790. The fraction of sp³-hybridized carbons (Fsp3) is 0.188. The molecule has 0 aliphatic rings. The normalized spacial score (nSPS) is 11.9. The minimum absolute atomic E-state index is 0.0140. The molecule has 0 aromatic heterocycles. The van der Waals surface area contributed by atoms with Crippen LogP contribution >= 0.6 is 34.2 Å². The molecule has 0 saturated heterocycles. The molecule has 2 rings (SSSR count). The van der Waals surface area contributed by atoms with Crippen molar-refractivity contribution in [1.82, 2.24) is 5.48 Å². The average molecular weight is 483 g/mol. The van der Waals surface area contributed by atoms with E-state index in [4.69, 9.17) is 21.5 Å². The summed E-state index contributed by atoms with van der Waals surface area (Å²) in [6.45, 7) is 1.32. The number of aliphatic hydroxyl groups is 1. The maximum absolute atomic E-state index is 13.6. The molecule has 3 N–H and O–H groups in total. The molecular weight excluding hydrogens is 469 g/mol. The third-order valence-electron chi connectivity index (χ3n) is 2.99. The molecule has 0 aliphatic carbocycles. The van der Waals surface area contributed by atoms with Gasteiger partial charge >= 0.3 is 0 Å². The zero-order valence-electron chi connectivity index (χ0n) is 12.9. The largest absolute Gasteiger partial charge is 0.391 e. The van der Waals surface area contributed by atoms with E-state index in [-0.39, 0.29) is 17.9 Å². The second kappa shape index (κ2) is 8.75. The van der Waals surface area contributed by atoms with Crippen LogP contribution in [0.4, 0.5) is 20.2 Å². The van der Waals surface area contributed by atoms with E-state index >= 15 is 0 Å². The maximum atomic E-state index is 13.6. The average Bonchev–Trinajstić information content (AvgIpc) is 2.52. The molecule has 9 heteroatoms. The predicted molar refractivity (Wildman–Crippen MR) is 98.9 cm³/mol. The zero-order chi connectivity index (χ0) is 18.6. The van der Waals surface area contributed by atoms with Gasteiger partial charge in [-0.25, -0.2) is 14.3 Å². The fourth-order valence-corrected chi connectivity index (χ4v) is 2.76. The van der Waals surface area contributed by atoms with E-state index in [1.54, 1.807) is 18.2 Å². The minimum atomic E-state index is -1.18. The van der Waals surface area contributed by atoms with Crippen LogP contribution in [0.5, 0.6) is 0 Å². The highest BCUT2D eigenvalue weighted by molar-refractivity contribution is 14.1. The number of aliphatic hydroxyl groups excluding tert-OH is 1. The molecule has 0 aliphatic heterocycles. The lowest BCUT2D eigenvalue weighted by Gasteiger charge is -2.14. The standard InChI is InChI=1S/C16H14ClF2IN2O3/c1-8(23)7-25-22-16(24)10-5-12(18)13(19)6-15(10)21-14-3-2-9(20)4-11(14)17/h2-6,8,21,23H,7H2,1H3,(H,22,24). The molecule has 1 unspecified atom stereocenters. The van der Waals surface area contributed by atoms with Gasteiger partial charge in [-0.15, -0.1) is 0 Å². The van der Waals surface area contributed by atoms with E-state index in [1.165, 1.54) is 6.92 Å². The van der Waals surface area contributed by atoms with Crippen LogP contribution in [0, 0.1) is 15.2 Å². The quantitative estimate of drug-likeness (QED) is 0.430. The van der Waals surface area contributed by atoms with Crippen LogP contribution < -0.4 is 10.8 Å². The van der Waals surface area contributed by atoms with Crippen molar-refractivity contribution >= 4 is 51.5 Å². The summed E-state index contributed by atoms with van der Waals surface area (Å²) >= 11 is 8.19. The van der Waals surface area contributed by atoms with Crippen molar-refractivity contribution in [2.75, 3.05) is 11.9 Å². The smallest absolute Gasteiger partial charge is 0.277 e. The number of carbonyl (C=O) groups excluding carboxylic acids is 1. The SMILES string of the molecule is CC(O)CONC(=O)c1cc(F)c(F)cc1Nc1ccc(I)cc1Cl. The third-order valence-corrected chi connectivity index (χ3v) is 3.98. The number of hydrogen-bond donors (Lipinski definition) is 3. The predicted octanol–water partition coefficient (Wildman–Crippen LogP) is 4.01. The Morgan fingerprint density at radius 1 is 1.28 bits per heavy atom. The number of carbonyl (C=O) groups is 1. The Balaban J connectivity index is 2.30. The first kappa shape index (κ1) is 19.8. The van der Waals surface area contributed by atoms with Gasteiger partial charge in [-0.1, -0.05) is 11.6 Å². The number of anilines is 2. The van der Waals surface area contributed by atoms with Crippen molar-refractivity contribution in [3.05, 3.63) is 56.1 Å². The second-order valence-electron chi connectivity index (χ2n) is 5.15. The van der Waals surface area contributed by atoms with Crippen LogP contribution in [-0.4, -0.2) is 23.7 Å². The molecule has 134 valence electrons. The molecule has 1 atom stereocenters. The van der Waals surface area contributed by atoms with Crippen molar-refractivity contribution in [3.63, 3.8) is 0 Å². The van der Waals surface area contributed by atoms with Crippen LogP contribution in [0.3, 0.4) is 0 Å². The van der Waals surface area contributed by atoms with Gasteiger partial charge in [0.15, 0.2) is 11.6 Å². The van der Waals surface area contributed by atoms with E-state index in [0.29, 0.717) is 10.7 Å². The summed E-state index contributed by atoms with van der Waals surface area (Å²) in [4.78, 5) is 17.0. The number of hydroxylamine groups is 1. The maximum Gasteiger partial charge on any atom is 0.277 e. The number of amides is 1. The Morgan fingerprint density at radius 2 is 1.96 bits per heavy atom. The van der Waals surface area contributed by atoms with Crippen LogP contribution in [0.2, 0.25) is 5.02 Å². The van der Waals surface area contributed by atoms with Gasteiger partial charge in [0.25, 0.3) is 5.91 Å². The van der Waals surface area contributed by atoms with Crippen LogP contribution in [-0.2, 0) is 4.84 Å². The first-order valence-corrected chi connectivity index (χ1v) is 8.55. The summed E-state index contributed by atoms with van der Waals surface area (Å²) in [5, 5.41) is 12.3. The Kier molecular flexibility index (Phi) is 6.94. The van der Waals surface area contributed by atoms with Gasteiger partial charge in [0.2, 0.25) is 0 Å². The summed E-state index contributed by atoms with van der Waals surface area (Å²) in [5.41, 5.74) is 2.32. The highest BCUT2D eigenvalue weighted by atomic mass is 127. The molecule has 0 bridgehead atoms. The molecule has 0 spiro atoms. The summed E-state index contributed by atoms with van der Waals surface area (Å²) in [6.07, 6.45) is -0.798. The van der Waals surface area contributed by atoms with Crippen molar-refractivity contribution < 1.29 is 23.5 Å². The summed E-state index contributed by atoms with van der Waals surface area (Å²) < 4.78 is 28.0. The number of benzene rings is 2. The summed E-state index contributed by atoms with van der Waals surface area (Å²) in [5.74, 6) is -3.10. The first-order chi connectivity index (χ1) is 11.8. The van der Waals surface area contributed by atoms with Crippen LogP contribution in [0.25, 0.3) is 0 Å². The van der Waals surface area contributed by atoms with Crippen molar-refractivity contribution in [1.29, 1.82) is 0 Å². The number of nitrogens with one attached hydrogen (secondary N) is 2. The van der Waals surface area contributed by atoms with Gasteiger partial charge in [-0.05, 0) is 53.8 Å². The van der Waals surface area contributed by atoms with Gasteiger partial charge in [0, 0.05) is 9.64 Å². The van der Waals surface area contributed by atoms with Crippen molar-refractivity contribution in [2.24, 2.45) is 0 Å². The van der Waals surface area contributed by atoms with Gasteiger partial charge < -0.3 is 10.4 Å². The van der Waals surface area contributed by atoms with Crippen molar-refractivity contribution in [3.8, 4) is 0 Å². The monoisotopic (exact) mass is 482 g/mol. The van der Waals surface area contributed by atoms with E-state index in [0.717, 1.165) is 15.7 Å². The topological polar surface area (TPSA) is 70.6 Å². The van der Waals surface area contributed by atoms with Gasteiger partial charge in [0.1, 0.15) is 6.61 Å². The van der Waals surface area contributed by atoms with E-state index < -0.39 is 23.6 Å². The van der Waals surface area contributed by atoms with Gasteiger partial charge in [0.05, 0.1) is 28.1 Å². The fourth-order valence-electron chi connectivity index (χ4n) is 1.86.